The fourth-order valence-electron chi connectivity index (χ4n) is 2.02. The summed E-state index contributed by atoms with van der Waals surface area (Å²) in [5, 5.41) is 4.10. The number of primary amides is 1. The summed E-state index contributed by atoms with van der Waals surface area (Å²) >= 11 is 0. The van der Waals surface area contributed by atoms with E-state index < -0.39 is 5.91 Å². The summed E-state index contributed by atoms with van der Waals surface area (Å²) < 4.78 is 1.57. The molecule has 0 spiro atoms. The molecular weight excluding hydrogens is 240 g/mol. The van der Waals surface area contributed by atoms with Gasteiger partial charge in [-0.05, 0) is 12.5 Å². The van der Waals surface area contributed by atoms with Crippen molar-refractivity contribution in [3.63, 3.8) is 0 Å². The van der Waals surface area contributed by atoms with Crippen molar-refractivity contribution in [1.29, 1.82) is 0 Å². The van der Waals surface area contributed by atoms with Gasteiger partial charge in [0.15, 0.2) is 5.65 Å². The Morgan fingerprint density at radius 3 is 2.84 bits per heavy atom. The summed E-state index contributed by atoms with van der Waals surface area (Å²) in [6, 6.07) is 8.11. The molecule has 0 aliphatic heterocycles. The molecule has 1 aromatic carbocycles. The standard InChI is InChI=1S/C14H12N4O/c1-9-3-2-4-10(5-9)11-6-16-14-12(13(15)19)7-17-18(14)8-11/h2-8H,1H3,(H2,15,19). The highest BCUT2D eigenvalue weighted by Crippen LogP contribution is 2.20. The number of aryl methyl sites for hydroxylation is 1. The minimum absolute atomic E-state index is 0.329. The van der Waals surface area contributed by atoms with Gasteiger partial charge in [-0.25, -0.2) is 9.50 Å². The van der Waals surface area contributed by atoms with Gasteiger partial charge in [0.25, 0.3) is 5.91 Å². The molecule has 0 radical (unpaired) electrons. The number of aromatic nitrogens is 3. The summed E-state index contributed by atoms with van der Waals surface area (Å²) in [7, 11) is 0. The number of hydrogen-bond acceptors (Lipinski definition) is 3. The Labute approximate surface area is 109 Å². The first-order chi connectivity index (χ1) is 9.15. The topological polar surface area (TPSA) is 73.3 Å². The van der Waals surface area contributed by atoms with Crippen LogP contribution < -0.4 is 5.73 Å². The second-order valence-electron chi connectivity index (χ2n) is 4.40. The highest BCUT2D eigenvalue weighted by Gasteiger charge is 2.11. The zero-order chi connectivity index (χ0) is 13.4. The number of hydrogen-bond donors (Lipinski definition) is 1. The molecule has 0 aliphatic rings. The van der Waals surface area contributed by atoms with Gasteiger partial charge < -0.3 is 5.73 Å². The van der Waals surface area contributed by atoms with E-state index in [1.807, 2.05) is 31.3 Å². The lowest BCUT2D eigenvalue weighted by Crippen LogP contribution is -2.10. The van der Waals surface area contributed by atoms with Gasteiger partial charge in [0.05, 0.1) is 6.20 Å². The minimum atomic E-state index is -0.522. The monoisotopic (exact) mass is 252 g/mol. The first-order valence-corrected chi connectivity index (χ1v) is 5.85. The number of benzene rings is 1. The second-order valence-corrected chi connectivity index (χ2v) is 4.40. The summed E-state index contributed by atoms with van der Waals surface area (Å²) in [5.74, 6) is -0.522. The van der Waals surface area contributed by atoms with E-state index in [-0.39, 0.29) is 0 Å². The number of nitrogens with zero attached hydrogens (tertiary/aromatic N) is 3. The lowest BCUT2D eigenvalue weighted by Gasteiger charge is -2.03. The van der Waals surface area contributed by atoms with Crippen LogP contribution in [-0.2, 0) is 0 Å². The van der Waals surface area contributed by atoms with Gasteiger partial charge in [-0.15, -0.1) is 0 Å². The van der Waals surface area contributed by atoms with E-state index in [0.717, 1.165) is 11.1 Å². The summed E-state index contributed by atoms with van der Waals surface area (Å²) in [5.41, 5.74) is 9.24. The van der Waals surface area contributed by atoms with Crippen LogP contribution in [0.15, 0.2) is 42.9 Å². The largest absolute Gasteiger partial charge is 0.365 e. The quantitative estimate of drug-likeness (QED) is 0.755. The first kappa shape index (κ1) is 11.4. The molecule has 2 aromatic heterocycles. The Morgan fingerprint density at radius 2 is 2.11 bits per heavy atom. The Bertz CT molecular complexity index is 776. The molecule has 2 heterocycles. The number of nitrogens with two attached hydrogens (primary N) is 1. The predicted molar refractivity (Wildman–Crippen MR) is 71.7 cm³/mol. The molecule has 94 valence electrons. The molecule has 1 amide bonds. The third-order valence-electron chi connectivity index (χ3n) is 2.97. The van der Waals surface area contributed by atoms with Gasteiger partial charge in [-0.2, -0.15) is 5.10 Å². The lowest BCUT2D eigenvalue weighted by molar-refractivity contribution is 0.100. The van der Waals surface area contributed by atoms with Gasteiger partial charge in [0.1, 0.15) is 5.56 Å². The number of carbonyl (C=O) groups is 1. The zero-order valence-electron chi connectivity index (χ0n) is 10.4. The van der Waals surface area contributed by atoms with Crippen molar-refractivity contribution >= 4 is 11.6 Å². The van der Waals surface area contributed by atoms with Gasteiger partial charge in [0, 0.05) is 18.0 Å². The maximum absolute atomic E-state index is 11.2. The van der Waals surface area contributed by atoms with Crippen LogP contribution in [-0.4, -0.2) is 20.5 Å². The number of rotatable bonds is 2. The van der Waals surface area contributed by atoms with Crippen LogP contribution in [0, 0.1) is 6.92 Å². The first-order valence-electron chi connectivity index (χ1n) is 5.85. The van der Waals surface area contributed by atoms with Crippen LogP contribution in [0.2, 0.25) is 0 Å². The maximum Gasteiger partial charge on any atom is 0.254 e. The molecule has 0 fully saturated rings. The molecule has 0 saturated heterocycles. The van der Waals surface area contributed by atoms with Crippen LogP contribution in [0.3, 0.4) is 0 Å². The lowest BCUT2D eigenvalue weighted by atomic mass is 10.1. The van der Waals surface area contributed by atoms with Crippen molar-refractivity contribution in [1.82, 2.24) is 14.6 Å². The molecule has 5 nitrogen and oxygen atoms in total. The molecule has 0 atom stereocenters. The number of carbonyl (C=O) groups excluding carboxylic acids is 1. The molecule has 3 rings (SSSR count). The smallest absolute Gasteiger partial charge is 0.254 e. The number of amides is 1. The highest BCUT2D eigenvalue weighted by atomic mass is 16.1. The van der Waals surface area contributed by atoms with Crippen LogP contribution in [0.25, 0.3) is 16.8 Å². The van der Waals surface area contributed by atoms with Crippen molar-refractivity contribution in [2.24, 2.45) is 5.73 Å². The van der Waals surface area contributed by atoms with E-state index in [1.165, 1.54) is 11.8 Å². The molecule has 3 aromatic rings. The second kappa shape index (κ2) is 4.20. The zero-order valence-corrected chi connectivity index (χ0v) is 10.4. The Kier molecular flexibility index (Phi) is 2.52. The van der Waals surface area contributed by atoms with E-state index in [9.17, 15) is 4.79 Å². The molecule has 0 bridgehead atoms. The summed E-state index contributed by atoms with van der Waals surface area (Å²) in [6.45, 7) is 2.04. The van der Waals surface area contributed by atoms with E-state index in [2.05, 4.69) is 16.1 Å². The Morgan fingerprint density at radius 1 is 1.26 bits per heavy atom. The fourth-order valence-corrected chi connectivity index (χ4v) is 2.02. The van der Waals surface area contributed by atoms with Gasteiger partial charge in [-0.1, -0.05) is 29.8 Å². The van der Waals surface area contributed by atoms with Crippen molar-refractivity contribution in [2.75, 3.05) is 0 Å². The third kappa shape index (κ3) is 1.95. The molecule has 5 heteroatoms. The minimum Gasteiger partial charge on any atom is -0.365 e. The van der Waals surface area contributed by atoms with Crippen molar-refractivity contribution in [3.05, 3.63) is 54.0 Å². The van der Waals surface area contributed by atoms with E-state index in [4.69, 9.17) is 5.73 Å². The van der Waals surface area contributed by atoms with Crippen LogP contribution in [0.5, 0.6) is 0 Å². The average Bonchev–Trinajstić information content (AvgIpc) is 2.81. The van der Waals surface area contributed by atoms with Crippen molar-refractivity contribution < 1.29 is 4.79 Å². The highest BCUT2D eigenvalue weighted by molar-refractivity contribution is 5.98. The van der Waals surface area contributed by atoms with Crippen LogP contribution in [0.1, 0.15) is 15.9 Å². The normalized spacial score (nSPS) is 10.8. The summed E-state index contributed by atoms with van der Waals surface area (Å²) in [4.78, 5) is 15.5. The van der Waals surface area contributed by atoms with Crippen molar-refractivity contribution in [3.8, 4) is 11.1 Å². The van der Waals surface area contributed by atoms with E-state index in [0.29, 0.717) is 11.2 Å². The van der Waals surface area contributed by atoms with Crippen LogP contribution >= 0.6 is 0 Å². The van der Waals surface area contributed by atoms with Gasteiger partial charge in [0.2, 0.25) is 0 Å². The number of fused-ring (bicyclic) bond motifs is 1. The Balaban J connectivity index is 2.15. The van der Waals surface area contributed by atoms with Crippen molar-refractivity contribution in [2.45, 2.75) is 6.92 Å². The fraction of sp³-hybridized carbons (Fsp3) is 0.0714. The predicted octanol–water partition coefficient (Wildman–Crippen LogP) is 1.80. The molecule has 0 saturated carbocycles. The molecule has 19 heavy (non-hydrogen) atoms. The van der Waals surface area contributed by atoms with E-state index >= 15 is 0 Å². The molecule has 0 unspecified atom stereocenters. The Hall–Kier alpha value is -2.69. The maximum atomic E-state index is 11.2. The van der Waals surface area contributed by atoms with Gasteiger partial charge in [-0.3, -0.25) is 4.79 Å². The average molecular weight is 252 g/mol. The molecule has 2 N–H and O–H groups in total. The van der Waals surface area contributed by atoms with E-state index in [1.54, 1.807) is 10.7 Å². The summed E-state index contributed by atoms with van der Waals surface area (Å²) in [6.07, 6.45) is 4.99. The van der Waals surface area contributed by atoms with Gasteiger partial charge >= 0.3 is 0 Å². The SMILES string of the molecule is Cc1cccc(-c2cnc3c(C(N)=O)cnn3c2)c1. The third-order valence-corrected chi connectivity index (χ3v) is 2.97. The van der Waals surface area contributed by atoms with Crippen LogP contribution in [0.4, 0.5) is 0 Å². The molecule has 0 aliphatic carbocycles. The molecular formula is C14H12N4O.